The Hall–Kier alpha value is -2.94. The Balaban J connectivity index is 1.51. The minimum Gasteiger partial charge on any atom is -0.451 e. The molecular weight excluding hydrogens is 425 g/mol. The second-order valence-electron chi connectivity index (χ2n) is 7.88. The van der Waals surface area contributed by atoms with Crippen LogP contribution in [-0.4, -0.2) is 42.9 Å². The summed E-state index contributed by atoms with van der Waals surface area (Å²) in [5, 5.41) is 0.466. The molecule has 3 aromatic rings. The fourth-order valence-electron chi connectivity index (χ4n) is 4.28. The largest absolute Gasteiger partial charge is 0.451 e. The van der Waals surface area contributed by atoms with Crippen LogP contribution in [0.25, 0.3) is 11.0 Å². The summed E-state index contributed by atoms with van der Waals surface area (Å²) in [6.45, 7) is 4.67. The number of Topliss-reactive ketones (excluding diaryl/α,β-unsaturated/α-hetero) is 1. The average Bonchev–Trinajstić information content (AvgIpc) is 3.33. The quantitative estimate of drug-likeness (QED) is 0.437. The molecule has 1 aliphatic rings. The summed E-state index contributed by atoms with van der Waals surface area (Å²) in [5.74, 6) is -1.81. The van der Waals surface area contributed by atoms with E-state index >= 15 is 0 Å². The van der Waals surface area contributed by atoms with E-state index in [2.05, 4.69) is 0 Å². The number of aryl methyl sites for hydroxylation is 2. The van der Waals surface area contributed by atoms with Crippen molar-refractivity contribution in [2.45, 2.75) is 33.2 Å². The van der Waals surface area contributed by atoms with Gasteiger partial charge in [-0.05, 0) is 39.3 Å². The number of carbonyl (C=O) groups excluding carboxylic acids is 2. The van der Waals surface area contributed by atoms with Crippen molar-refractivity contribution >= 4 is 32.6 Å². The molecule has 0 amide bonds. The van der Waals surface area contributed by atoms with Crippen molar-refractivity contribution in [1.29, 1.82) is 0 Å². The van der Waals surface area contributed by atoms with Crippen molar-refractivity contribution in [3.63, 3.8) is 0 Å². The van der Waals surface area contributed by atoms with E-state index in [0.29, 0.717) is 28.6 Å². The fourth-order valence-corrected chi connectivity index (χ4v) is 5.98. The number of esters is 1. The van der Waals surface area contributed by atoms with E-state index in [1.165, 1.54) is 12.1 Å². The molecule has 7 nitrogen and oxygen atoms in total. The van der Waals surface area contributed by atoms with E-state index in [9.17, 15) is 22.4 Å². The number of sulfone groups is 1. The molecule has 9 heteroatoms. The molecule has 1 atom stereocenters. The molecule has 0 spiro atoms. The topological polar surface area (TPSA) is 95.6 Å². The molecule has 0 N–H and O–H groups in total. The smallest absolute Gasteiger partial charge is 0.375 e. The molecule has 0 bridgehead atoms. The van der Waals surface area contributed by atoms with Crippen molar-refractivity contribution in [1.82, 2.24) is 4.57 Å². The van der Waals surface area contributed by atoms with Crippen LogP contribution in [0.4, 0.5) is 4.39 Å². The van der Waals surface area contributed by atoms with Gasteiger partial charge in [0.15, 0.2) is 27.8 Å². The number of hydrogen-bond donors (Lipinski definition) is 0. The maximum absolute atomic E-state index is 13.9. The van der Waals surface area contributed by atoms with Crippen LogP contribution in [0.15, 0.2) is 28.7 Å². The fraction of sp³-hybridized carbons (Fsp3) is 0.364. The van der Waals surface area contributed by atoms with E-state index in [4.69, 9.17) is 9.15 Å². The van der Waals surface area contributed by atoms with E-state index in [-0.39, 0.29) is 28.9 Å². The van der Waals surface area contributed by atoms with Gasteiger partial charge in [-0.15, -0.1) is 0 Å². The number of rotatable bonds is 5. The first-order valence-corrected chi connectivity index (χ1v) is 11.7. The van der Waals surface area contributed by atoms with E-state index in [1.807, 2.05) is 11.5 Å². The Morgan fingerprint density at radius 1 is 1.26 bits per heavy atom. The van der Waals surface area contributed by atoms with Gasteiger partial charge < -0.3 is 13.7 Å². The van der Waals surface area contributed by atoms with Gasteiger partial charge >= 0.3 is 5.97 Å². The van der Waals surface area contributed by atoms with Crippen LogP contribution in [-0.2, 0) is 14.6 Å². The van der Waals surface area contributed by atoms with Gasteiger partial charge in [-0.25, -0.2) is 17.6 Å². The number of para-hydroxylation sites is 1. The number of nitrogens with zero attached hydrogens (tertiary/aromatic N) is 1. The summed E-state index contributed by atoms with van der Waals surface area (Å²) in [6, 6.07) is 5.86. The van der Waals surface area contributed by atoms with Gasteiger partial charge in [0, 0.05) is 33.9 Å². The van der Waals surface area contributed by atoms with Crippen LogP contribution < -0.4 is 0 Å². The van der Waals surface area contributed by atoms with E-state index in [1.54, 1.807) is 26.0 Å². The predicted octanol–water partition coefficient (Wildman–Crippen LogP) is 3.70. The molecule has 1 aliphatic heterocycles. The van der Waals surface area contributed by atoms with Gasteiger partial charge in [-0.2, -0.15) is 0 Å². The van der Waals surface area contributed by atoms with Crippen LogP contribution in [0.2, 0.25) is 0 Å². The molecule has 0 radical (unpaired) electrons. The molecule has 4 rings (SSSR count). The first kappa shape index (κ1) is 21.3. The molecule has 164 valence electrons. The SMILES string of the molecule is Cc1c(C(=O)OCC(=O)c2cc(C)n(C3CCS(=O)(=O)C3)c2C)oc2c(F)cccc12. The zero-order valence-electron chi connectivity index (χ0n) is 17.4. The molecular formula is C22H22FNO6S. The van der Waals surface area contributed by atoms with Crippen molar-refractivity contribution < 1.29 is 31.6 Å². The average molecular weight is 447 g/mol. The molecule has 3 heterocycles. The standard InChI is InChI=1S/C22H22FNO6S/c1-12-9-17(14(3)24(12)15-7-8-31(27,28)11-15)19(25)10-29-22(26)20-13(2)16-5-4-6-18(23)21(16)30-20/h4-6,9,15H,7-8,10-11H2,1-3H3. The minimum absolute atomic E-state index is 0.0339. The molecule has 1 fully saturated rings. The van der Waals surface area contributed by atoms with Gasteiger partial charge in [0.2, 0.25) is 11.5 Å². The highest BCUT2D eigenvalue weighted by Gasteiger charge is 2.32. The predicted molar refractivity (Wildman–Crippen MR) is 112 cm³/mol. The van der Waals surface area contributed by atoms with E-state index in [0.717, 1.165) is 5.69 Å². The number of benzene rings is 1. The lowest BCUT2D eigenvalue weighted by molar-refractivity contribution is 0.0444. The Morgan fingerprint density at radius 3 is 2.65 bits per heavy atom. The monoisotopic (exact) mass is 447 g/mol. The van der Waals surface area contributed by atoms with Crippen molar-refractivity contribution in [2.75, 3.05) is 18.1 Å². The lowest BCUT2D eigenvalue weighted by Gasteiger charge is -2.16. The summed E-state index contributed by atoms with van der Waals surface area (Å²) >= 11 is 0. The zero-order valence-corrected chi connectivity index (χ0v) is 18.2. The summed E-state index contributed by atoms with van der Waals surface area (Å²) in [5.41, 5.74) is 2.20. The summed E-state index contributed by atoms with van der Waals surface area (Å²) in [4.78, 5) is 25.2. The molecule has 1 saturated heterocycles. The number of halogens is 1. The van der Waals surface area contributed by atoms with Gasteiger partial charge in [0.05, 0.1) is 11.5 Å². The molecule has 1 aromatic carbocycles. The van der Waals surface area contributed by atoms with Gasteiger partial charge in [0.1, 0.15) is 0 Å². The normalized spacial score (nSPS) is 17.9. The second kappa shape index (κ2) is 7.64. The van der Waals surface area contributed by atoms with Crippen molar-refractivity contribution in [3.05, 3.63) is 58.4 Å². The third kappa shape index (κ3) is 3.78. The van der Waals surface area contributed by atoms with E-state index < -0.39 is 34.0 Å². The lowest BCUT2D eigenvalue weighted by Crippen LogP contribution is -2.17. The van der Waals surface area contributed by atoms with Gasteiger partial charge in [-0.3, -0.25) is 4.79 Å². The lowest BCUT2D eigenvalue weighted by atomic mass is 10.1. The highest BCUT2D eigenvalue weighted by Crippen LogP contribution is 2.30. The van der Waals surface area contributed by atoms with Crippen LogP contribution in [0.1, 0.15) is 50.3 Å². The number of hydrogen-bond acceptors (Lipinski definition) is 6. The Labute approximate surface area is 178 Å². The third-order valence-corrected chi connectivity index (χ3v) is 7.54. The summed E-state index contributed by atoms with van der Waals surface area (Å²) in [7, 11) is -3.07. The minimum atomic E-state index is -3.07. The van der Waals surface area contributed by atoms with Crippen LogP contribution in [0.3, 0.4) is 0 Å². The third-order valence-electron chi connectivity index (χ3n) is 5.79. The van der Waals surface area contributed by atoms with Gasteiger partial charge in [0.25, 0.3) is 0 Å². The molecule has 2 aromatic heterocycles. The number of ketones is 1. The Bertz CT molecular complexity index is 1320. The zero-order chi connectivity index (χ0) is 22.5. The number of fused-ring (bicyclic) bond motifs is 1. The number of furan rings is 1. The maximum atomic E-state index is 13.9. The van der Waals surface area contributed by atoms with Crippen molar-refractivity contribution in [2.24, 2.45) is 0 Å². The first-order valence-electron chi connectivity index (χ1n) is 9.86. The number of aromatic nitrogens is 1. The number of carbonyl (C=O) groups is 2. The summed E-state index contributed by atoms with van der Waals surface area (Å²) in [6.07, 6.45) is 0.503. The highest BCUT2D eigenvalue weighted by molar-refractivity contribution is 7.91. The van der Waals surface area contributed by atoms with Crippen molar-refractivity contribution in [3.8, 4) is 0 Å². The van der Waals surface area contributed by atoms with Crippen LogP contribution >= 0.6 is 0 Å². The van der Waals surface area contributed by atoms with Crippen LogP contribution in [0.5, 0.6) is 0 Å². The maximum Gasteiger partial charge on any atom is 0.375 e. The molecule has 0 saturated carbocycles. The van der Waals surface area contributed by atoms with Crippen LogP contribution in [0, 0.1) is 26.6 Å². The second-order valence-corrected chi connectivity index (χ2v) is 10.1. The Morgan fingerprint density at radius 2 is 2.00 bits per heavy atom. The highest BCUT2D eigenvalue weighted by atomic mass is 32.2. The molecule has 1 unspecified atom stereocenters. The molecule has 31 heavy (non-hydrogen) atoms. The summed E-state index contributed by atoms with van der Waals surface area (Å²) < 4.78 is 49.9. The molecule has 0 aliphatic carbocycles. The Kier molecular flexibility index (Phi) is 5.25. The van der Waals surface area contributed by atoms with Gasteiger partial charge in [-0.1, -0.05) is 12.1 Å². The first-order chi connectivity index (χ1) is 14.6. The number of ether oxygens (including phenoxy) is 1.